The van der Waals surface area contributed by atoms with Crippen LogP contribution in [-0.4, -0.2) is 51.7 Å². The Morgan fingerprint density at radius 2 is 1.03 bits per heavy atom. The second-order valence-electron chi connectivity index (χ2n) is 5.65. The molecule has 1 aromatic heterocycles. The SMILES string of the molecule is OC(F)(c1cc(Br)c(C(O)(F)C(F)(F)C(F)(F)C(F)F)[nH]1)C(F)(F)C(F)(F)C(F)F. The van der Waals surface area contributed by atoms with Gasteiger partial charge in [0, 0.05) is 4.47 Å². The van der Waals surface area contributed by atoms with Crippen LogP contribution >= 0.6 is 15.9 Å². The van der Waals surface area contributed by atoms with E-state index in [1.54, 1.807) is 0 Å². The molecular weight excluding hydrogens is 536 g/mol. The van der Waals surface area contributed by atoms with Crippen LogP contribution in [0.2, 0.25) is 0 Å². The highest BCUT2D eigenvalue weighted by Gasteiger charge is 2.77. The Kier molecular flexibility index (Phi) is 6.58. The predicted molar refractivity (Wildman–Crippen MR) is 70.3 cm³/mol. The summed E-state index contributed by atoms with van der Waals surface area (Å²) in [5.74, 6) is -38.6. The van der Waals surface area contributed by atoms with Gasteiger partial charge in [0.05, 0.1) is 5.69 Å². The van der Waals surface area contributed by atoms with Crippen molar-refractivity contribution < 1.29 is 71.7 Å². The monoisotopic (exact) mass is 541 g/mol. The molecule has 2 atom stereocenters. The van der Waals surface area contributed by atoms with Crippen LogP contribution in [0.1, 0.15) is 11.4 Å². The number of hydrogen-bond acceptors (Lipinski definition) is 2. The molecule has 1 rings (SSSR count). The molecular formula is C12H6BrF14NO2. The average Bonchev–Trinajstić information content (AvgIpc) is 2.96. The van der Waals surface area contributed by atoms with E-state index in [1.807, 2.05) is 15.9 Å². The molecule has 0 aromatic carbocycles. The van der Waals surface area contributed by atoms with E-state index in [0.717, 1.165) is 0 Å². The zero-order valence-electron chi connectivity index (χ0n) is 13.3. The van der Waals surface area contributed by atoms with Crippen molar-refractivity contribution in [3.8, 4) is 0 Å². The van der Waals surface area contributed by atoms with Gasteiger partial charge in [0.1, 0.15) is 5.69 Å². The van der Waals surface area contributed by atoms with Gasteiger partial charge in [-0.3, -0.25) is 0 Å². The maximum Gasteiger partial charge on any atom is 0.379 e. The number of nitrogens with one attached hydrogen (secondary N) is 1. The molecule has 0 spiro atoms. The molecule has 0 fully saturated rings. The summed E-state index contributed by atoms with van der Waals surface area (Å²) in [5.41, 5.74) is -5.03. The van der Waals surface area contributed by atoms with Gasteiger partial charge in [-0.25, -0.2) is 17.6 Å². The minimum Gasteiger partial charge on any atom is -0.352 e. The Balaban J connectivity index is 3.62. The quantitative estimate of drug-likeness (QED) is 0.402. The first-order chi connectivity index (χ1) is 13.0. The molecule has 2 unspecified atom stereocenters. The first-order valence-corrected chi connectivity index (χ1v) is 7.60. The molecule has 0 bridgehead atoms. The molecule has 3 N–H and O–H groups in total. The largest absolute Gasteiger partial charge is 0.379 e. The highest BCUT2D eigenvalue weighted by Crippen LogP contribution is 2.54. The fraction of sp³-hybridized carbons (Fsp3) is 0.667. The number of alkyl halides is 14. The summed E-state index contributed by atoms with van der Waals surface area (Å²) >= 11 is 1.93. The van der Waals surface area contributed by atoms with Crippen LogP contribution in [0.4, 0.5) is 61.5 Å². The minimum absolute atomic E-state index is 0.494. The third-order valence-corrected chi connectivity index (χ3v) is 4.30. The predicted octanol–water partition coefficient (Wildman–Crippen LogP) is 5.08. The van der Waals surface area contributed by atoms with Crippen LogP contribution in [0.5, 0.6) is 0 Å². The van der Waals surface area contributed by atoms with E-state index in [4.69, 9.17) is 10.2 Å². The van der Waals surface area contributed by atoms with Crippen molar-refractivity contribution >= 4 is 15.9 Å². The number of aliphatic hydroxyl groups is 2. The van der Waals surface area contributed by atoms with Gasteiger partial charge in [-0.1, -0.05) is 0 Å². The third-order valence-electron chi connectivity index (χ3n) is 3.68. The van der Waals surface area contributed by atoms with Gasteiger partial charge in [0.25, 0.3) is 0 Å². The van der Waals surface area contributed by atoms with E-state index in [2.05, 4.69) is 0 Å². The Labute approximate surface area is 163 Å². The molecule has 3 nitrogen and oxygen atoms in total. The number of halogens is 15. The lowest BCUT2D eigenvalue weighted by molar-refractivity contribution is -0.368. The van der Waals surface area contributed by atoms with E-state index in [0.29, 0.717) is 4.98 Å². The van der Waals surface area contributed by atoms with E-state index in [-0.39, 0.29) is 0 Å². The standard InChI is InChI=1S/C12H6BrF14NO2/c13-2-1-3(9(22,29)11(24,25)7(18,19)5(14)15)28-4(2)10(23,30)12(26,27)8(20,21)6(16)17/h1,5-6,28-30H. The number of hydrogen-bond donors (Lipinski definition) is 3. The van der Waals surface area contributed by atoms with Gasteiger partial charge in [0.2, 0.25) is 0 Å². The third kappa shape index (κ3) is 3.53. The Morgan fingerprint density at radius 3 is 1.37 bits per heavy atom. The lowest BCUT2D eigenvalue weighted by Gasteiger charge is -2.34. The Hall–Kier alpha value is -1.30. The normalized spacial score (nSPS) is 18.6. The van der Waals surface area contributed by atoms with Crippen molar-refractivity contribution in [3.05, 3.63) is 21.9 Å². The lowest BCUT2D eigenvalue weighted by Crippen LogP contribution is -2.58. The molecule has 30 heavy (non-hydrogen) atoms. The van der Waals surface area contributed by atoms with Gasteiger partial charge >= 0.3 is 48.3 Å². The number of aromatic nitrogens is 1. The van der Waals surface area contributed by atoms with Crippen LogP contribution in [0, 0.1) is 0 Å². The summed E-state index contributed by atoms with van der Waals surface area (Å²) in [6, 6.07) is -0.494. The Morgan fingerprint density at radius 1 is 0.700 bits per heavy atom. The highest BCUT2D eigenvalue weighted by atomic mass is 79.9. The number of aromatic amines is 1. The van der Waals surface area contributed by atoms with Gasteiger partial charge < -0.3 is 15.2 Å². The van der Waals surface area contributed by atoms with E-state index >= 15 is 0 Å². The van der Waals surface area contributed by atoms with Gasteiger partial charge in [0.15, 0.2) is 0 Å². The summed E-state index contributed by atoms with van der Waals surface area (Å²) in [4.78, 5) is 0.583. The van der Waals surface area contributed by atoms with Crippen molar-refractivity contribution in [3.63, 3.8) is 0 Å². The van der Waals surface area contributed by atoms with Gasteiger partial charge in [-0.05, 0) is 22.0 Å². The van der Waals surface area contributed by atoms with Crippen LogP contribution < -0.4 is 0 Å². The fourth-order valence-electron chi connectivity index (χ4n) is 1.89. The molecule has 0 aliphatic rings. The summed E-state index contributed by atoms with van der Waals surface area (Å²) in [6.07, 6.45) is -10.6. The maximum atomic E-state index is 14.0. The van der Waals surface area contributed by atoms with Crippen molar-refractivity contribution in [1.29, 1.82) is 0 Å². The molecule has 0 radical (unpaired) electrons. The summed E-state index contributed by atoms with van der Waals surface area (Å²) in [6.45, 7) is 0. The van der Waals surface area contributed by atoms with Gasteiger partial charge in [-0.15, -0.1) is 0 Å². The first kappa shape index (κ1) is 26.7. The van der Waals surface area contributed by atoms with Crippen molar-refractivity contribution in [2.24, 2.45) is 0 Å². The maximum absolute atomic E-state index is 14.0. The molecule has 0 aliphatic carbocycles. The summed E-state index contributed by atoms with van der Waals surface area (Å²) < 4.78 is 181. The molecule has 1 aromatic rings. The molecule has 0 saturated carbocycles. The van der Waals surface area contributed by atoms with E-state index in [9.17, 15) is 61.5 Å². The molecule has 0 amide bonds. The van der Waals surface area contributed by atoms with Crippen LogP contribution in [0.25, 0.3) is 0 Å². The fourth-order valence-corrected chi connectivity index (χ4v) is 2.48. The Bertz CT molecular complexity index is 775. The van der Waals surface area contributed by atoms with E-state index < -0.39 is 70.2 Å². The molecule has 176 valence electrons. The van der Waals surface area contributed by atoms with Crippen molar-refractivity contribution in [1.82, 2.24) is 4.98 Å². The van der Waals surface area contributed by atoms with E-state index in [1.165, 1.54) is 0 Å². The van der Waals surface area contributed by atoms with Gasteiger partial charge in [-0.2, -0.15) is 43.9 Å². The smallest absolute Gasteiger partial charge is 0.352 e. The second-order valence-corrected chi connectivity index (χ2v) is 6.50. The van der Waals surface area contributed by atoms with Crippen LogP contribution in [0.3, 0.4) is 0 Å². The van der Waals surface area contributed by atoms with Crippen LogP contribution in [-0.2, 0) is 11.7 Å². The molecule has 1 heterocycles. The summed E-state index contributed by atoms with van der Waals surface area (Å²) in [7, 11) is 0. The highest BCUT2D eigenvalue weighted by molar-refractivity contribution is 9.10. The first-order valence-electron chi connectivity index (χ1n) is 6.80. The topological polar surface area (TPSA) is 56.2 Å². The molecule has 0 aliphatic heterocycles. The van der Waals surface area contributed by atoms with Crippen molar-refractivity contribution in [2.75, 3.05) is 0 Å². The van der Waals surface area contributed by atoms with Crippen molar-refractivity contribution in [2.45, 2.75) is 48.3 Å². The molecule has 0 saturated heterocycles. The number of H-pyrrole nitrogens is 1. The lowest BCUT2D eigenvalue weighted by atomic mass is 10.0. The van der Waals surface area contributed by atoms with Crippen LogP contribution in [0.15, 0.2) is 10.5 Å². The number of rotatable bonds is 8. The zero-order valence-corrected chi connectivity index (χ0v) is 14.9. The average molecular weight is 542 g/mol. The second kappa shape index (κ2) is 7.39. The molecule has 18 heteroatoms. The minimum atomic E-state index is -6.76. The zero-order chi connectivity index (χ0) is 24.3. The summed E-state index contributed by atoms with van der Waals surface area (Å²) in [5, 5.41) is 18.1.